The zero-order valence-electron chi connectivity index (χ0n) is 19.2. The molecule has 0 aliphatic heterocycles. The molecule has 8 heteroatoms. The van der Waals surface area contributed by atoms with Gasteiger partial charge in [0.15, 0.2) is 0 Å². The van der Waals surface area contributed by atoms with Crippen molar-refractivity contribution in [1.82, 2.24) is 10.0 Å². The molecule has 0 amide bonds. The minimum atomic E-state index is -3.55. The predicted octanol–water partition coefficient (Wildman–Crippen LogP) is 3.52. The molecule has 1 aromatic carbocycles. The molecule has 7 nitrogen and oxygen atoms in total. The van der Waals surface area contributed by atoms with Crippen molar-refractivity contribution in [1.29, 1.82) is 0 Å². The monoisotopic (exact) mass is 472 g/mol. The highest BCUT2D eigenvalue weighted by Gasteiger charge is 2.25. The minimum Gasteiger partial charge on any atom is -0.478 e. The van der Waals surface area contributed by atoms with E-state index in [9.17, 15) is 18.3 Å². The van der Waals surface area contributed by atoms with Crippen LogP contribution in [0.5, 0.6) is 0 Å². The first-order chi connectivity index (χ1) is 15.7. The van der Waals surface area contributed by atoms with Crippen LogP contribution >= 0.6 is 0 Å². The van der Waals surface area contributed by atoms with Gasteiger partial charge in [0.25, 0.3) is 0 Å². The summed E-state index contributed by atoms with van der Waals surface area (Å²) in [5.41, 5.74) is 2.21. The maximum atomic E-state index is 12.5. The van der Waals surface area contributed by atoms with E-state index in [1.807, 2.05) is 25.2 Å². The van der Waals surface area contributed by atoms with Crippen LogP contribution in [-0.4, -0.2) is 39.4 Å². The summed E-state index contributed by atoms with van der Waals surface area (Å²) < 4.78 is 33.5. The highest BCUT2D eigenvalue weighted by Crippen LogP contribution is 2.30. The van der Waals surface area contributed by atoms with Gasteiger partial charge >= 0.3 is 5.97 Å². The molecular weight excluding hydrogens is 440 g/mol. The molecule has 0 saturated carbocycles. The van der Waals surface area contributed by atoms with Crippen molar-refractivity contribution in [2.24, 2.45) is 17.8 Å². The van der Waals surface area contributed by atoms with Gasteiger partial charge in [-0.2, -0.15) is 0 Å². The van der Waals surface area contributed by atoms with Gasteiger partial charge in [0.2, 0.25) is 10.0 Å². The maximum absolute atomic E-state index is 12.5. The number of hydrogen-bond donors (Lipinski definition) is 3. The average molecular weight is 473 g/mol. The Morgan fingerprint density at radius 3 is 2.42 bits per heavy atom. The molecule has 0 radical (unpaired) electrons. The number of aryl methyl sites for hydroxylation is 1. The van der Waals surface area contributed by atoms with Crippen LogP contribution in [0.3, 0.4) is 0 Å². The molecule has 3 rings (SSSR count). The number of hydrogen-bond acceptors (Lipinski definition) is 5. The van der Waals surface area contributed by atoms with Gasteiger partial charge in [-0.3, -0.25) is 0 Å². The second-order valence-electron chi connectivity index (χ2n) is 8.39. The molecular formula is C25H32N2O5S. The Balaban J connectivity index is 1.58. The first kappa shape index (κ1) is 25.0. The molecule has 2 aliphatic carbocycles. The number of sulfonamides is 1. The minimum absolute atomic E-state index is 0.0193. The van der Waals surface area contributed by atoms with Crippen LogP contribution in [0.2, 0.25) is 0 Å². The molecule has 1 aromatic rings. The molecule has 178 valence electrons. The Morgan fingerprint density at radius 1 is 1.12 bits per heavy atom. The van der Waals surface area contributed by atoms with Crippen molar-refractivity contribution in [2.45, 2.75) is 37.8 Å². The van der Waals surface area contributed by atoms with E-state index in [4.69, 9.17) is 4.74 Å². The van der Waals surface area contributed by atoms with Crippen molar-refractivity contribution < 1.29 is 23.1 Å². The fraction of sp³-hybridized carbons (Fsp3) is 0.400. The summed E-state index contributed by atoms with van der Waals surface area (Å²) in [6.07, 6.45) is 12.4. The number of rotatable bonds is 11. The molecule has 0 spiro atoms. The Bertz CT molecular complexity index is 1070. The lowest BCUT2D eigenvalue weighted by Crippen LogP contribution is -2.39. The second kappa shape index (κ2) is 11.0. The van der Waals surface area contributed by atoms with Crippen molar-refractivity contribution in [2.75, 3.05) is 13.7 Å². The lowest BCUT2D eigenvalue weighted by Gasteiger charge is -2.30. The van der Waals surface area contributed by atoms with E-state index in [2.05, 4.69) is 23.0 Å². The van der Waals surface area contributed by atoms with Crippen molar-refractivity contribution in [3.05, 3.63) is 77.6 Å². The van der Waals surface area contributed by atoms with E-state index in [0.29, 0.717) is 18.5 Å². The van der Waals surface area contributed by atoms with E-state index in [0.717, 1.165) is 17.7 Å². The van der Waals surface area contributed by atoms with Crippen molar-refractivity contribution in [3.8, 4) is 0 Å². The molecule has 0 heterocycles. The summed E-state index contributed by atoms with van der Waals surface area (Å²) in [7, 11) is -1.92. The summed E-state index contributed by atoms with van der Waals surface area (Å²) in [6.45, 7) is 4.27. The van der Waals surface area contributed by atoms with Gasteiger partial charge in [0, 0.05) is 37.1 Å². The molecule has 0 saturated heterocycles. The largest absolute Gasteiger partial charge is 0.478 e. The lowest BCUT2D eigenvalue weighted by atomic mass is 9.82. The maximum Gasteiger partial charge on any atom is 0.335 e. The van der Waals surface area contributed by atoms with Crippen LogP contribution < -0.4 is 10.0 Å². The van der Waals surface area contributed by atoms with E-state index in [1.165, 1.54) is 0 Å². The van der Waals surface area contributed by atoms with Gasteiger partial charge < -0.3 is 15.2 Å². The van der Waals surface area contributed by atoms with Crippen LogP contribution in [0.1, 0.15) is 25.3 Å². The standard InChI is InChI=1S/C25H32N2O5S/c1-4-18(13-14-26-33(30,31)23-11-5-17(2)6-12-23)24(32-3)27-22-10-9-19-15-21(25(28)29)8-7-20(19)16-22/h5-12,15-16,18-20,24,26-27H,4,13-14H2,1-3H3,(H,28,29). The van der Waals surface area contributed by atoms with Gasteiger partial charge in [0.1, 0.15) is 6.23 Å². The van der Waals surface area contributed by atoms with Gasteiger partial charge in [-0.1, -0.05) is 55.0 Å². The summed E-state index contributed by atoms with van der Waals surface area (Å²) in [6, 6.07) is 6.78. The van der Waals surface area contributed by atoms with Gasteiger partial charge in [-0.05, 0) is 38.0 Å². The molecule has 0 aromatic heterocycles. The normalized spacial score (nSPS) is 21.5. The number of benzene rings is 1. The lowest BCUT2D eigenvalue weighted by molar-refractivity contribution is -0.132. The fourth-order valence-corrected chi connectivity index (χ4v) is 5.11. The Labute approximate surface area is 196 Å². The van der Waals surface area contributed by atoms with Crippen LogP contribution in [-0.2, 0) is 19.6 Å². The molecule has 4 atom stereocenters. The third-order valence-corrected chi connectivity index (χ3v) is 7.56. The second-order valence-corrected chi connectivity index (χ2v) is 10.2. The molecule has 0 bridgehead atoms. The number of carboxylic acid groups (broad SMARTS) is 1. The molecule has 3 N–H and O–H groups in total. The fourth-order valence-electron chi connectivity index (χ4n) is 4.07. The van der Waals surface area contributed by atoms with E-state index >= 15 is 0 Å². The number of methoxy groups -OCH3 is 1. The van der Waals surface area contributed by atoms with E-state index in [1.54, 1.807) is 43.5 Å². The number of carbonyl (C=O) groups is 1. The Morgan fingerprint density at radius 2 is 1.79 bits per heavy atom. The summed E-state index contributed by atoms with van der Waals surface area (Å²) >= 11 is 0. The van der Waals surface area contributed by atoms with Crippen LogP contribution in [0.15, 0.2) is 76.9 Å². The topological polar surface area (TPSA) is 105 Å². The van der Waals surface area contributed by atoms with Crippen molar-refractivity contribution in [3.63, 3.8) is 0 Å². The molecule has 2 aliphatic rings. The molecule has 4 unspecified atom stereocenters. The number of aliphatic carboxylic acids is 1. The third kappa shape index (κ3) is 6.43. The summed E-state index contributed by atoms with van der Waals surface area (Å²) in [5, 5.41) is 12.6. The van der Waals surface area contributed by atoms with Gasteiger partial charge in [-0.25, -0.2) is 17.9 Å². The summed E-state index contributed by atoms with van der Waals surface area (Å²) in [4.78, 5) is 11.5. The van der Waals surface area contributed by atoms with Crippen molar-refractivity contribution >= 4 is 16.0 Å². The average Bonchev–Trinajstić information content (AvgIpc) is 2.80. The SMILES string of the molecule is CCC(CCNS(=O)(=O)c1ccc(C)cc1)C(NC1=CC2C=CC(C(=O)O)=CC2C=C1)OC. The Hall–Kier alpha value is -2.68. The summed E-state index contributed by atoms with van der Waals surface area (Å²) in [5.74, 6) is -0.734. The first-order valence-corrected chi connectivity index (χ1v) is 12.6. The highest BCUT2D eigenvalue weighted by atomic mass is 32.2. The smallest absolute Gasteiger partial charge is 0.335 e. The molecule has 0 fully saturated rings. The number of ether oxygens (including phenoxy) is 1. The third-order valence-electron chi connectivity index (χ3n) is 6.09. The Kier molecular flexibility index (Phi) is 8.29. The van der Waals surface area contributed by atoms with Gasteiger partial charge in [-0.15, -0.1) is 0 Å². The number of carboxylic acids is 1. The zero-order valence-corrected chi connectivity index (χ0v) is 20.0. The first-order valence-electron chi connectivity index (χ1n) is 11.1. The van der Waals surface area contributed by atoms with E-state index < -0.39 is 16.0 Å². The van der Waals surface area contributed by atoms with Gasteiger partial charge in [0.05, 0.1) is 10.5 Å². The van der Waals surface area contributed by atoms with Crippen LogP contribution in [0.25, 0.3) is 0 Å². The van der Waals surface area contributed by atoms with Crippen LogP contribution in [0, 0.1) is 24.7 Å². The highest BCUT2D eigenvalue weighted by molar-refractivity contribution is 7.89. The number of allylic oxidation sites excluding steroid dienone is 5. The number of fused-ring (bicyclic) bond motifs is 1. The zero-order chi connectivity index (χ0) is 24.0. The van der Waals surface area contributed by atoms with Crippen LogP contribution in [0.4, 0.5) is 0 Å². The number of nitrogens with one attached hydrogen (secondary N) is 2. The quantitative estimate of drug-likeness (QED) is 0.426. The predicted molar refractivity (Wildman–Crippen MR) is 128 cm³/mol. The molecule has 33 heavy (non-hydrogen) atoms. The van der Waals surface area contributed by atoms with E-state index in [-0.39, 0.29) is 28.9 Å².